The smallest absolute Gasteiger partial charge is 0.143 e. The van der Waals surface area contributed by atoms with Crippen molar-refractivity contribution in [1.29, 1.82) is 0 Å². The molecule has 1 heterocycles. The highest BCUT2D eigenvalue weighted by Gasteiger charge is 2.42. The van der Waals surface area contributed by atoms with E-state index < -0.39 is 11.7 Å². The molecule has 3 nitrogen and oxygen atoms in total. The van der Waals surface area contributed by atoms with Gasteiger partial charge < -0.3 is 14.6 Å². The Morgan fingerprint density at radius 1 is 0.850 bits per heavy atom. The largest absolute Gasteiger partial charge is 0.378 e. The first kappa shape index (κ1) is 13.3. The summed E-state index contributed by atoms with van der Waals surface area (Å²) in [5, 5.41) is 11.4. The molecule has 104 valence electrons. The van der Waals surface area contributed by atoms with Crippen LogP contribution in [0.25, 0.3) is 0 Å². The number of hydrogen-bond donors (Lipinski definition) is 1. The molecule has 1 atom stereocenters. The normalized spacial score (nSPS) is 19.8. The Labute approximate surface area is 118 Å². The van der Waals surface area contributed by atoms with E-state index in [1.54, 1.807) is 0 Å². The van der Waals surface area contributed by atoms with Crippen molar-refractivity contribution in [2.75, 3.05) is 19.8 Å². The van der Waals surface area contributed by atoms with Gasteiger partial charge in [0, 0.05) is 0 Å². The average Bonchev–Trinajstić information content (AvgIpc) is 2.56. The summed E-state index contributed by atoms with van der Waals surface area (Å²) < 4.78 is 11.3. The Hall–Kier alpha value is -1.68. The molecule has 0 radical (unpaired) electrons. The third-order valence-electron chi connectivity index (χ3n) is 3.71. The van der Waals surface area contributed by atoms with Gasteiger partial charge in [-0.1, -0.05) is 60.7 Å². The third-order valence-corrected chi connectivity index (χ3v) is 3.71. The number of hydrogen-bond acceptors (Lipinski definition) is 3. The van der Waals surface area contributed by atoms with Gasteiger partial charge in [-0.3, -0.25) is 0 Å². The van der Waals surface area contributed by atoms with Crippen LogP contribution >= 0.6 is 0 Å². The SMILES string of the molecule is OC(c1ccccc1)(c1ccccc1)C1COCCO1. The van der Waals surface area contributed by atoms with E-state index in [2.05, 4.69) is 0 Å². The molecule has 1 N–H and O–H groups in total. The second kappa shape index (κ2) is 5.75. The van der Waals surface area contributed by atoms with Crippen LogP contribution < -0.4 is 0 Å². The van der Waals surface area contributed by atoms with Crippen LogP contribution in [0, 0.1) is 0 Å². The molecule has 0 aliphatic carbocycles. The van der Waals surface area contributed by atoms with Crippen LogP contribution in [-0.4, -0.2) is 31.0 Å². The maximum atomic E-state index is 11.4. The number of ether oxygens (including phenoxy) is 2. The van der Waals surface area contributed by atoms with Gasteiger partial charge in [0.05, 0.1) is 19.8 Å². The lowest BCUT2D eigenvalue weighted by molar-refractivity contribution is -0.164. The van der Waals surface area contributed by atoms with Crippen LogP contribution in [0.3, 0.4) is 0 Å². The lowest BCUT2D eigenvalue weighted by atomic mass is 9.81. The zero-order valence-electron chi connectivity index (χ0n) is 11.2. The molecule has 1 saturated heterocycles. The molecule has 1 unspecified atom stereocenters. The topological polar surface area (TPSA) is 38.7 Å². The number of benzene rings is 2. The van der Waals surface area contributed by atoms with Gasteiger partial charge in [-0.15, -0.1) is 0 Å². The van der Waals surface area contributed by atoms with Gasteiger partial charge in [-0.05, 0) is 11.1 Å². The van der Waals surface area contributed by atoms with E-state index >= 15 is 0 Å². The monoisotopic (exact) mass is 270 g/mol. The number of rotatable bonds is 3. The molecular weight excluding hydrogens is 252 g/mol. The fourth-order valence-corrected chi connectivity index (χ4v) is 2.65. The third kappa shape index (κ3) is 2.36. The predicted molar refractivity (Wildman–Crippen MR) is 76.4 cm³/mol. The van der Waals surface area contributed by atoms with E-state index in [1.807, 2.05) is 60.7 Å². The summed E-state index contributed by atoms with van der Waals surface area (Å²) in [6.07, 6.45) is -0.402. The van der Waals surface area contributed by atoms with E-state index in [0.29, 0.717) is 19.8 Å². The fourth-order valence-electron chi connectivity index (χ4n) is 2.65. The Morgan fingerprint density at radius 2 is 1.40 bits per heavy atom. The van der Waals surface area contributed by atoms with Crippen LogP contribution in [-0.2, 0) is 15.1 Å². The molecule has 20 heavy (non-hydrogen) atoms. The van der Waals surface area contributed by atoms with Crippen molar-refractivity contribution >= 4 is 0 Å². The summed E-state index contributed by atoms with van der Waals surface area (Å²) in [5.41, 5.74) is 0.451. The minimum absolute atomic E-state index is 0.389. The zero-order valence-corrected chi connectivity index (χ0v) is 11.2. The fraction of sp³-hybridized carbons (Fsp3) is 0.294. The summed E-state index contributed by atoms with van der Waals surface area (Å²) in [5.74, 6) is 0. The maximum Gasteiger partial charge on any atom is 0.143 e. The van der Waals surface area contributed by atoms with Crippen molar-refractivity contribution in [3.8, 4) is 0 Å². The van der Waals surface area contributed by atoms with Gasteiger partial charge >= 0.3 is 0 Å². The number of aliphatic hydroxyl groups is 1. The molecule has 3 heteroatoms. The van der Waals surface area contributed by atoms with Crippen LogP contribution in [0.4, 0.5) is 0 Å². The van der Waals surface area contributed by atoms with Gasteiger partial charge in [-0.2, -0.15) is 0 Å². The molecule has 3 rings (SSSR count). The first-order chi connectivity index (χ1) is 9.82. The molecule has 1 aliphatic heterocycles. The molecule has 0 amide bonds. The van der Waals surface area contributed by atoms with E-state index in [4.69, 9.17) is 9.47 Å². The van der Waals surface area contributed by atoms with Gasteiger partial charge in [0.1, 0.15) is 11.7 Å². The minimum atomic E-state index is -1.19. The van der Waals surface area contributed by atoms with Crippen molar-refractivity contribution in [2.24, 2.45) is 0 Å². The van der Waals surface area contributed by atoms with Gasteiger partial charge in [0.2, 0.25) is 0 Å². The Balaban J connectivity index is 2.07. The second-order valence-electron chi connectivity index (χ2n) is 4.93. The molecule has 2 aromatic rings. The predicted octanol–water partition coefficient (Wildman–Crippen LogP) is 2.34. The van der Waals surface area contributed by atoms with Crippen molar-refractivity contribution in [3.05, 3.63) is 71.8 Å². The molecule has 1 aliphatic rings. The standard InChI is InChI=1S/C17H18O3/c18-17(14-7-3-1-4-8-14,15-9-5-2-6-10-15)16-13-19-11-12-20-16/h1-10,16,18H,11-13H2. The van der Waals surface area contributed by atoms with Gasteiger partial charge in [0.25, 0.3) is 0 Å². The van der Waals surface area contributed by atoms with Crippen LogP contribution in [0.15, 0.2) is 60.7 Å². The minimum Gasteiger partial charge on any atom is -0.378 e. The molecule has 0 bridgehead atoms. The maximum absolute atomic E-state index is 11.4. The average molecular weight is 270 g/mol. The van der Waals surface area contributed by atoms with E-state index in [1.165, 1.54) is 0 Å². The van der Waals surface area contributed by atoms with E-state index in [-0.39, 0.29) is 0 Å². The van der Waals surface area contributed by atoms with E-state index in [9.17, 15) is 5.11 Å². The first-order valence-corrected chi connectivity index (χ1v) is 6.84. The molecule has 0 saturated carbocycles. The quantitative estimate of drug-likeness (QED) is 0.930. The molecule has 1 fully saturated rings. The molecule has 2 aromatic carbocycles. The van der Waals surface area contributed by atoms with Crippen molar-refractivity contribution < 1.29 is 14.6 Å². The van der Waals surface area contributed by atoms with Crippen LogP contribution in [0.2, 0.25) is 0 Å². The Kier molecular flexibility index (Phi) is 3.83. The van der Waals surface area contributed by atoms with Crippen LogP contribution in [0.1, 0.15) is 11.1 Å². The molecule has 0 spiro atoms. The highest BCUT2D eigenvalue weighted by molar-refractivity contribution is 5.37. The summed E-state index contributed by atoms with van der Waals surface area (Å²) in [6.45, 7) is 1.48. The zero-order chi connectivity index (χ0) is 13.8. The molecular formula is C17H18O3. The van der Waals surface area contributed by atoms with Gasteiger partial charge in [0.15, 0.2) is 0 Å². The summed E-state index contributed by atoms with van der Waals surface area (Å²) in [7, 11) is 0. The Bertz CT molecular complexity index is 493. The summed E-state index contributed by atoms with van der Waals surface area (Å²) in [6, 6.07) is 19.3. The first-order valence-electron chi connectivity index (χ1n) is 6.84. The summed E-state index contributed by atoms with van der Waals surface area (Å²) >= 11 is 0. The van der Waals surface area contributed by atoms with Crippen LogP contribution in [0.5, 0.6) is 0 Å². The van der Waals surface area contributed by atoms with Crippen molar-refractivity contribution in [1.82, 2.24) is 0 Å². The van der Waals surface area contributed by atoms with Gasteiger partial charge in [-0.25, -0.2) is 0 Å². The lowest BCUT2D eigenvalue weighted by Crippen LogP contribution is -2.48. The Morgan fingerprint density at radius 3 is 1.85 bits per heavy atom. The van der Waals surface area contributed by atoms with Crippen molar-refractivity contribution in [3.63, 3.8) is 0 Å². The van der Waals surface area contributed by atoms with E-state index in [0.717, 1.165) is 11.1 Å². The summed E-state index contributed by atoms with van der Waals surface area (Å²) in [4.78, 5) is 0. The molecule has 0 aromatic heterocycles. The highest BCUT2D eigenvalue weighted by Crippen LogP contribution is 2.35. The van der Waals surface area contributed by atoms with Crippen molar-refractivity contribution in [2.45, 2.75) is 11.7 Å². The highest BCUT2D eigenvalue weighted by atomic mass is 16.6. The second-order valence-corrected chi connectivity index (χ2v) is 4.93. The lowest BCUT2D eigenvalue weighted by Gasteiger charge is -2.38.